The molecule has 0 aromatic heterocycles. The molecule has 0 spiro atoms. The SMILES string of the molecule is NC(=O)C1CCCN1c1ccc(Cl)cc1. The van der Waals surface area contributed by atoms with E-state index in [1.54, 1.807) is 0 Å². The fraction of sp³-hybridized carbons (Fsp3) is 0.364. The van der Waals surface area contributed by atoms with Crippen LogP contribution < -0.4 is 10.6 Å². The van der Waals surface area contributed by atoms with E-state index in [1.807, 2.05) is 29.2 Å². The standard InChI is InChI=1S/C11H13ClN2O/c12-8-3-5-9(6-4-8)14-7-1-2-10(14)11(13)15/h3-6,10H,1-2,7H2,(H2,13,15). The molecule has 0 radical (unpaired) electrons. The molecule has 1 heterocycles. The summed E-state index contributed by atoms with van der Waals surface area (Å²) in [5, 5.41) is 0.702. The fourth-order valence-electron chi connectivity index (χ4n) is 2.00. The zero-order valence-electron chi connectivity index (χ0n) is 8.32. The number of anilines is 1. The molecule has 1 atom stereocenters. The molecule has 0 saturated carbocycles. The molecule has 0 aliphatic carbocycles. The van der Waals surface area contributed by atoms with Crippen molar-refractivity contribution in [2.45, 2.75) is 18.9 Å². The molecule has 1 amide bonds. The van der Waals surface area contributed by atoms with E-state index < -0.39 is 0 Å². The molecule has 4 heteroatoms. The molecular formula is C11H13ClN2O. The topological polar surface area (TPSA) is 46.3 Å². The van der Waals surface area contributed by atoms with Gasteiger partial charge in [-0.3, -0.25) is 4.79 Å². The molecule has 1 unspecified atom stereocenters. The molecule has 1 aliphatic heterocycles. The summed E-state index contributed by atoms with van der Waals surface area (Å²) in [5.41, 5.74) is 6.36. The van der Waals surface area contributed by atoms with E-state index in [9.17, 15) is 4.79 Å². The van der Waals surface area contributed by atoms with Crippen LogP contribution in [-0.2, 0) is 4.79 Å². The van der Waals surface area contributed by atoms with Crippen molar-refractivity contribution in [2.75, 3.05) is 11.4 Å². The summed E-state index contributed by atoms with van der Waals surface area (Å²) in [6, 6.07) is 7.33. The average molecular weight is 225 g/mol. The maximum atomic E-state index is 11.2. The molecule has 2 rings (SSSR count). The average Bonchev–Trinajstić information content (AvgIpc) is 2.67. The Bertz CT molecular complexity index is 363. The highest BCUT2D eigenvalue weighted by Crippen LogP contribution is 2.26. The maximum Gasteiger partial charge on any atom is 0.240 e. The second-order valence-corrected chi connectivity index (χ2v) is 4.17. The summed E-state index contributed by atoms with van der Waals surface area (Å²) < 4.78 is 0. The first kappa shape index (κ1) is 10.3. The van der Waals surface area contributed by atoms with Gasteiger partial charge in [0.2, 0.25) is 5.91 Å². The summed E-state index contributed by atoms with van der Waals surface area (Å²) in [6.07, 6.45) is 1.86. The van der Waals surface area contributed by atoms with E-state index in [0.717, 1.165) is 25.1 Å². The van der Waals surface area contributed by atoms with Gasteiger partial charge in [0.15, 0.2) is 0 Å². The molecule has 15 heavy (non-hydrogen) atoms. The van der Waals surface area contributed by atoms with Crippen LogP contribution in [0.2, 0.25) is 5.02 Å². The third kappa shape index (κ3) is 2.07. The lowest BCUT2D eigenvalue weighted by Gasteiger charge is -2.24. The summed E-state index contributed by atoms with van der Waals surface area (Å²) >= 11 is 5.81. The highest BCUT2D eigenvalue weighted by molar-refractivity contribution is 6.30. The van der Waals surface area contributed by atoms with Crippen LogP contribution in [-0.4, -0.2) is 18.5 Å². The molecular weight excluding hydrogens is 212 g/mol. The summed E-state index contributed by atoms with van der Waals surface area (Å²) in [7, 11) is 0. The Morgan fingerprint density at radius 1 is 1.40 bits per heavy atom. The number of nitrogens with two attached hydrogens (primary N) is 1. The highest BCUT2D eigenvalue weighted by Gasteiger charge is 2.28. The number of rotatable bonds is 2. The van der Waals surface area contributed by atoms with Crippen LogP contribution in [0, 0.1) is 0 Å². The number of amides is 1. The molecule has 1 fully saturated rings. The van der Waals surface area contributed by atoms with Crippen molar-refractivity contribution in [1.82, 2.24) is 0 Å². The Morgan fingerprint density at radius 3 is 2.67 bits per heavy atom. The molecule has 2 N–H and O–H groups in total. The van der Waals surface area contributed by atoms with Crippen LogP contribution in [0.15, 0.2) is 24.3 Å². The van der Waals surface area contributed by atoms with E-state index in [2.05, 4.69) is 0 Å². The van der Waals surface area contributed by atoms with Gasteiger partial charge in [0, 0.05) is 17.3 Å². The van der Waals surface area contributed by atoms with Gasteiger partial charge in [-0.1, -0.05) is 11.6 Å². The Kier molecular flexibility index (Phi) is 2.82. The van der Waals surface area contributed by atoms with E-state index >= 15 is 0 Å². The van der Waals surface area contributed by atoms with Gasteiger partial charge in [0.1, 0.15) is 6.04 Å². The molecule has 0 bridgehead atoms. The van der Waals surface area contributed by atoms with Crippen LogP contribution in [0.5, 0.6) is 0 Å². The zero-order chi connectivity index (χ0) is 10.8. The van der Waals surface area contributed by atoms with Crippen molar-refractivity contribution in [2.24, 2.45) is 5.73 Å². The molecule has 80 valence electrons. The van der Waals surface area contributed by atoms with Crippen LogP contribution in [0.4, 0.5) is 5.69 Å². The number of carbonyl (C=O) groups excluding carboxylic acids is 1. The number of halogens is 1. The van der Waals surface area contributed by atoms with E-state index in [4.69, 9.17) is 17.3 Å². The van der Waals surface area contributed by atoms with E-state index in [-0.39, 0.29) is 11.9 Å². The van der Waals surface area contributed by atoms with Gasteiger partial charge in [-0.15, -0.1) is 0 Å². The molecule has 1 aliphatic rings. The van der Waals surface area contributed by atoms with Crippen molar-refractivity contribution in [3.05, 3.63) is 29.3 Å². The van der Waals surface area contributed by atoms with E-state index in [1.165, 1.54) is 0 Å². The fourth-order valence-corrected chi connectivity index (χ4v) is 2.13. The quantitative estimate of drug-likeness (QED) is 0.833. The Hall–Kier alpha value is -1.22. The first-order chi connectivity index (χ1) is 7.18. The minimum Gasteiger partial charge on any atom is -0.368 e. The van der Waals surface area contributed by atoms with Gasteiger partial charge in [-0.05, 0) is 37.1 Å². The Balaban J connectivity index is 2.22. The van der Waals surface area contributed by atoms with E-state index in [0.29, 0.717) is 5.02 Å². The predicted molar refractivity (Wildman–Crippen MR) is 61.0 cm³/mol. The normalized spacial score (nSPS) is 20.6. The van der Waals surface area contributed by atoms with Crippen molar-refractivity contribution < 1.29 is 4.79 Å². The largest absolute Gasteiger partial charge is 0.368 e. The minimum absolute atomic E-state index is 0.161. The third-order valence-corrected chi connectivity index (χ3v) is 2.99. The third-order valence-electron chi connectivity index (χ3n) is 2.74. The monoisotopic (exact) mass is 224 g/mol. The Labute approximate surface area is 93.8 Å². The zero-order valence-corrected chi connectivity index (χ0v) is 9.07. The summed E-state index contributed by atoms with van der Waals surface area (Å²) in [6.45, 7) is 0.884. The van der Waals surface area contributed by atoms with Crippen LogP contribution in [0.25, 0.3) is 0 Å². The van der Waals surface area contributed by atoms with Gasteiger partial charge < -0.3 is 10.6 Å². The Morgan fingerprint density at radius 2 is 2.07 bits per heavy atom. The van der Waals surface area contributed by atoms with Gasteiger partial charge in [-0.2, -0.15) is 0 Å². The number of hydrogen-bond acceptors (Lipinski definition) is 2. The molecule has 1 aromatic carbocycles. The highest BCUT2D eigenvalue weighted by atomic mass is 35.5. The lowest BCUT2D eigenvalue weighted by molar-refractivity contribution is -0.119. The number of hydrogen-bond donors (Lipinski definition) is 1. The van der Waals surface area contributed by atoms with Crippen molar-refractivity contribution in [3.63, 3.8) is 0 Å². The number of benzene rings is 1. The number of carbonyl (C=O) groups is 1. The minimum atomic E-state index is -0.248. The predicted octanol–water partition coefficient (Wildman–Crippen LogP) is 1.79. The van der Waals surface area contributed by atoms with Gasteiger partial charge in [0.25, 0.3) is 0 Å². The molecule has 1 aromatic rings. The second-order valence-electron chi connectivity index (χ2n) is 3.73. The lowest BCUT2D eigenvalue weighted by atomic mass is 10.2. The first-order valence-corrected chi connectivity index (χ1v) is 5.38. The van der Waals surface area contributed by atoms with Crippen LogP contribution in [0.1, 0.15) is 12.8 Å². The van der Waals surface area contributed by atoms with Crippen molar-refractivity contribution in [3.8, 4) is 0 Å². The molecule has 1 saturated heterocycles. The smallest absolute Gasteiger partial charge is 0.240 e. The van der Waals surface area contributed by atoms with Crippen LogP contribution in [0.3, 0.4) is 0 Å². The van der Waals surface area contributed by atoms with Crippen molar-refractivity contribution >= 4 is 23.2 Å². The van der Waals surface area contributed by atoms with Gasteiger partial charge in [0.05, 0.1) is 0 Å². The van der Waals surface area contributed by atoms with Crippen LogP contribution >= 0.6 is 11.6 Å². The number of primary amides is 1. The second kappa shape index (κ2) is 4.11. The number of nitrogens with zero attached hydrogens (tertiary/aromatic N) is 1. The molecule has 3 nitrogen and oxygen atoms in total. The summed E-state index contributed by atoms with van der Waals surface area (Å²) in [5.74, 6) is -0.248. The maximum absolute atomic E-state index is 11.2. The van der Waals surface area contributed by atoms with Crippen molar-refractivity contribution in [1.29, 1.82) is 0 Å². The van der Waals surface area contributed by atoms with Gasteiger partial charge >= 0.3 is 0 Å². The summed E-state index contributed by atoms with van der Waals surface area (Å²) in [4.78, 5) is 13.2. The first-order valence-electron chi connectivity index (χ1n) is 5.00. The lowest BCUT2D eigenvalue weighted by Crippen LogP contribution is -2.40. The van der Waals surface area contributed by atoms with Gasteiger partial charge in [-0.25, -0.2) is 0 Å².